The Balaban J connectivity index is 1.30. The molecule has 0 spiro atoms. The van der Waals surface area contributed by atoms with E-state index in [9.17, 15) is 19.5 Å². The summed E-state index contributed by atoms with van der Waals surface area (Å²) in [5.41, 5.74) is 0.974. The van der Waals surface area contributed by atoms with E-state index in [4.69, 9.17) is 32.8 Å². The number of amides is 1. The van der Waals surface area contributed by atoms with Gasteiger partial charge in [0.25, 0.3) is 0 Å². The lowest BCUT2D eigenvalue weighted by Crippen LogP contribution is -2.60. The number of β-amino-alcohol motifs (C(OH)–C–C–N with tert-alkyl or cyclic N) is 1. The molecular formula is C38H41NO11. The predicted octanol–water partition coefficient (Wildman–Crippen LogP) is 5.53. The van der Waals surface area contributed by atoms with Crippen LogP contribution in [0, 0.1) is 6.92 Å². The minimum atomic E-state index is -1.12. The molecule has 1 unspecified atom stereocenters. The average molecular weight is 688 g/mol. The van der Waals surface area contributed by atoms with E-state index in [-0.39, 0.29) is 49.8 Å². The van der Waals surface area contributed by atoms with Crippen molar-refractivity contribution in [1.29, 1.82) is 0 Å². The Bertz CT molecular complexity index is 1820. The highest BCUT2D eigenvalue weighted by Gasteiger charge is 2.42. The van der Waals surface area contributed by atoms with Crippen LogP contribution in [0.1, 0.15) is 53.2 Å². The van der Waals surface area contributed by atoms with E-state index >= 15 is 0 Å². The molecule has 2 aliphatic rings. The molecule has 2 fully saturated rings. The number of piperidine rings is 1. The molecule has 1 aromatic heterocycles. The first-order chi connectivity index (χ1) is 24.3. The van der Waals surface area contributed by atoms with E-state index in [0.717, 1.165) is 24.0 Å². The van der Waals surface area contributed by atoms with Crippen LogP contribution < -0.4 is 15.1 Å². The zero-order valence-electron chi connectivity index (χ0n) is 28.1. The van der Waals surface area contributed by atoms with Crippen molar-refractivity contribution in [2.75, 3.05) is 26.3 Å². The van der Waals surface area contributed by atoms with Gasteiger partial charge in [-0.2, -0.15) is 0 Å². The lowest BCUT2D eigenvalue weighted by atomic mass is 10.0. The van der Waals surface area contributed by atoms with E-state index in [1.54, 1.807) is 26.0 Å². The number of nitrogens with zero attached hydrogens (tertiary/aromatic N) is 1. The van der Waals surface area contributed by atoms with Crippen molar-refractivity contribution in [2.45, 2.75) is 70.9 Å². The first-order valence-corrected chi connectivity index (χ1v) is 16.8. The van der Waals surface area contributed by atoms with Crippen molar-refractivity contribution < 1.29 is 47.5 Å². The monoisotopic (exact) mass is 687 g/mol. The second-order valence-corrected chi connectivity index (χ2v) is 12.2. The number of benzene rings is 3. The van der Waals surface area contributed by atoms with Crippen molar-refractivity contribution in [3.05, 3.63) is 105 Å². The van der Waals surface area contributed by atoms with Gasteiger partial charge < -0.3 is 42.8 Å². The number of carbonyl (C=O) groups is 2. The zero-order chi connectivity index (χ0) is 35.0. The first-order valence-electron chi connectivity index (χ1n) is 16.8. The largest absolute Gasteiger partial charge is 0.487 e. The molecule has 0 bridgehead atoms. The van der Waals surface area contributed by atoms with Gasteiger partial charge in [-0.3, -0.25) is 0 Å². The molecule has 12 heteroatoms. The Morgan fingerprint density at radius 2 is 1.64 bits per heavy atom. The molecule has 3 heterocycles. The van der Waals surface area contributed by atoms with E-state index in [1.165, 1.54) is 4.90 Å². The molecule has 50 heavy (non-hydrogen) atoms. The molecule has 12 nitrogen and oxygen atoms in total. The lowest BCUT2D eigenvalue weighted by Gasteiger charge is -2.42. The van der Waals surface area contributed by atoms with Crippen molar-refractivity contribution in [3.8, 4) is 11.5 Å². The van der Waals surface area contributed by atoms with Crippen LogP contribution >= 0.6 is 0 Å². The maximum atomic E-state index is 13.3. The molecule has 4 aromatic rings. The number of likely N-dealkylation sites (tertiary alicyclic amines) is 1. The van der Waals surface area contributed by atoms with Gasteiger partial charge in [-0.05, 0) is 56.4 Å². The van der Waals surface area contributed by atoms with Crippen LogP contribution in [0.2, 0.25) is 0 Å². The highest BCUT2D eigenvalue weighted by molar-refractivity contribution is 5.99. The molecule has 2 aliphatic heterocycles. The molecule has 6 rings (SSSR count). The van der Waals surface area contributed by atoms with Crippen molar-refractivity contribution in [2.24, 2.45) is 0 Å². The number of aliphatic hydroxyl groups excluding tert-OH is 1. The van der Waals surface area contributed by atoms with Crippen molar-refractivity contribution >= 4 is 23.0 Å². The van der Waals surface area contributed by atoms with Crippen LogP contribution in [-0.4, -0.2) is 73.0 Å². The molecule has 1 amide bonds. The van der Waals surface area contributed by atoms with Gasteiger partial charge in [0, 0.05) is 12.2 Å². The average Bonchev–Trinajstić information content (AvgIpc) is 3.13. The summed E-state index contributed by atoms with van der Waals surface area (Å²) in [4.78, 5) is 40.8. The van der Waals surface area contributed by atoms with Gasteiger partial charge in [0.15, 0.2) is 17.6 Å². The summed E-state index contributed by atoms with van der Waals surface area (Å²) in [6.07, 6.45) is -1.47. The van der Waals surface area contributed by atoms with Gasteiger partial charge >= 0.3 is 17.7 Å². The molecular weight excluding hydrogens is 646 g/mol. The fourth-order valence-electron chi connectivity index (χ4n) is 6.11. The first kappa shape index (κ1) is 34.9. The smallest absolute Gasteiger partial charge is 0.410 e. The number of aryl methyl sites for hydroxylation is 1. The van der Waals surface area contributed by atoms with E-state index in [2.05, 4.69) is 0 Å². The maximum absolute atomic E-state index is 13.3. The summed E-state index contributed by atoms with van der Waals surface area (Å²) in [5.74, 6) is -0.512. The molecule has 0 aliphatic carbocycles. The Hall–Kier alpha value is -4.91. The number of rotatable bonds is 11. The lowest BCUT2D eigenvalue weighted by molar-refractivity contribution is -0.234. The second-order valence-electron chi connectivity index (χ2n) is 12.2. The summed E-state index contributed by atoms with van der Waals surface area (Å²) in [6, 6.07) is 21.9. The van der Waals surface area contributed by atoms with Gasteiger partial charge in [-0.1, -0.05) is 60.7 Å². The molecule has 0 saturated carbocycles. The Labute approximate surface area is 289 Å². The molecule has 2 saturated heterocycles. The van der Waals surface area contributed by atoms with Gasteiger partial charge in [-0.25, -0.2) is 14.4 Å². The Kier molecular flexibility index (Phi) is 11.3. The summed E-state index contributed by atoms with van der Waals surface area (Å²) in [7, 11) is 0. The van der Waals surface area contributed by atoms with Crippen LogP contribution in [0.5, 0.6) is 11.5 Å². The van der Waals surface area contributed by atoms with E-state index in [1.807, 2.05) is 60.7 Å². The SMILES string of the molecule is CCOC(=O)c1c(OCc2ccccc2)c2ccc(O[C@H]3CN(C(=O)OCc4ccccc4)C[C@H](O)[C@@H]3OC3CCCCO3)c(C)c2oc1=O. The van der Waals surface area contributed by atoms with Crippen molar-refractivity contribution in [1.82, 2.24) is 4.90 Å². The summed E-state index contributed by atoms with van der Waals surface area (Å²) in [5, 5.41) is 11.7. The summed E-state index contributed by atoms with van der Waals surface area (Å²) < 4.78 is 41.1. The predicted molar refractivity (Wildman–Crippen MR) is 181 cm³/mol. The topological polar surface area (TPSA) is 143 Å². The van der Waals surface area contributed by atoms with Gasteiger partial charge in [0.05, 0.1) is 25.1 Å². The number of aliphatic hydroxyl groups is 1. The number of hydrogen-bond acceptors (Lipinski definition) is 11. The molecule has 1 N–H and O–H groups in total. The van der Waals surface area contributed by atoms with E-state index in [0.29, 0.717) is 29.7 Å². The third-order valence-electron chi connectivity index (χ3n) is 8.67. The summed E-state index contributed by atoms with van der Waals surface area (Å²) in [6.45, 7) is 4.10. The van der Waals surface area contributed by atoms with Gasteiger partial charge in [-0.15, -0.1) is 0 Å². The molecule has 264 valence electrons. The third-order valence-corrected chi connectivity index (χ3v) is 8.67. The quantitative estimate of drug-likeness (QED) is 0.157. The van der Waals surface area contributed by atoms with Crippen LogP contribution in [0.15, 0.2) is 82.0 Å². The fourth-order valence-corrected chi connectivity index (χ4v) is 6.11. The van der Waals surface area contributed by atoms with Crippen LogP contribution in [0.4, 0.5) is 4.79 Å². The number of hydrogen-bond donors (Lipinski definition) is 1. The number of esters is 1. The highest BCUT2D eigenvalue weighted by Crippen LogP contribution is 2.36. The minimum Gasteiger partial charge on any atom is -0.487 e. The third kappa shape index (κ3) is 8.10. The van der Waals surface area contributed by atoms with Gasteiger partial charge in [0.1, 0.15) is 42.9 Å². The number of fused-ring (bicyclic) bond motifs is 1. The standard InChI is InChI=1S/C38H41NO11/c1-3-44-36(41)32-34(46-22-25-12-6-4-7-13-25)27-17-18-29(24(2)33(27)50-37(32)42)48-30-21-39(38(43)47-23-26-14-8-5-9-15-26)20-28(40)35(30)49-31-16-10-11-19-45-31/h4-9,12-15,17-18,28,30-31,35,40H,3,10-11,16,19-23H2,1-2H3/t28-,30-,31?,35-/m0/s1. The highest BCUT2D eigenvalue weighted by atomic mass is 16.7. The van der Waals surface area contributed by atoms with Crippen LogP contribution in [-0.2, 0) is 32.2 Å². The number of ether oxygens (including phenoxy) is 6. The van der Waals surface area contributed by atoms with Crippen LogP contribution in [0.25, 0.3) is 11.0 Å². The minimum absolute atomic E-state index is 0.0317. The fraction of sp³-hybridized carbons (Fsp3) is 0.395. The van der Waals surface area contributed by atoms with Crippen LogP contribution in [0.3, 0.4) is 0 Å². The van der Waals surface area contributed by atoms with E-state index < -0.39 is 42.3 Å². The van der Waals surface area contributed by atoms with Gasteiger partial charge in [0.2, 0.25) is 0 Å². The Morgan fingerprint density at radius 1 is 0.920 bits per heavy atom. The molecule has 0 radical (unpaired) electrons. The maximum Gasteiger partial charge on any atom is 0.410 e. The second kappa shape index (κ2) is 16.2. The zero-order valence-corrected chi connectivity index (χ0v) is 28.1. The normalized spacial score (nSPS) is 20.7. The number of carbonyl (C=O) groups excluding carboxylic acids is 2. The molecule has 3 aromatic carbocycles. The Morgan fingerprint density at radius 3 is 2.32 bits per heavy atom. The molecule has 4 atom stereocenters. The van der Waals surface area contributed by atoms with Crippen molar-refractivity contribution in [3.63, 3.8) is 0 Å². The summed E-state index contributed by atoms with van der Waals surface area (Å²) >= 11 is 0.